The molecule has 1 saturated carbocycles. The number of rotatable bonds is 5. The molecule has 2 heterocycles. The van der Waals surface area contributed by atoms with Crippen LogP contribution in [-0.4, -0.2) is 26.1 Å². The van der Waals surface area contributed by atoms with Crippen LogP contribution in [0.4, 0.5) is 5.82 Å². The lowest BCUT2D eigenvalue weighted by molar-refractivity contribution is 0.724. The standard InChI is InChI=1S/C12H14BrN5/c13-10-7-11(17-12(16-10)9-1-2-9)15-4-6-18-5-3-14-8-18/h3,5,7-9H,1-2,4,6H2,(H,15,16,17). The van der Waals surface area contributed by atoms with Crippen LogP contribution in [0.15, 0.2) is 29.4 Å². The van der Waals surface area contributed by atoms with Crippen molar-refractivity contribution >= 4 is 21.7 Å². The van der Waals surface area contributed by atoms with Gasteiger partial charge >= 0.3 is 0 Å². The van der Waals surface area contributed by atoms with Crippen molar-refractivity contribution in [2.75, 3.05) is 11.9 Å². The summed E-state index contributed by atoms with van der Waals surface area (Å²) in [6, 6.07) is 1.92. The van der Waals surface area contributed by atoms with Gasteiger partial charge in [-0.05, 0) is 28.8 Å². The Morgan fingerprint density at radius 2 is 2.28 bits per heavy atom. The Kier molecular flexibility index (Phi) is 3.27. The molecule has 3 rings (SSSR count). The topological polar surface area (TPSA) is 55.6 Å². The van der Waals surface area contributed by atoms with Crippen LogP contribution in [0.3, 0.4) is 0 Å². The highest BCUT2D eigenvalue weighted by Gasteiger charge is 2.27. The van der Waals surface area contributed by atoms with Crippen LogP contribution in [0.2, 0.25) is 0 Å². The number of halogens is 1. The average Bonchev–Trinajstić information content (AvgIpc) is 3.08. The van der Waals surface area contributed by atoms with Crippen LogP contribution in [0.25, 0.3) is 0 Å². The Morgan fingerprint density at radius 1 is 1.39 bits per heavy atom. The third-order valence-corrected chi connectivity index (χ3v) is 3.30. The van der Waals surface area contributed by atoms with E-state index in [0.29, 0.717) is 5.92 Å². The molecule has 0 aliphatic heterocycles. The number of anilines is 1. The van der Waals surface area contributed by atoms with E-state index in [1.807, 2.05) is 23.2 Å². The zero-order valence-electron chi connectivity index (χ0n) is 9.88. The number of nitrogens with one attached hydrogen (secondary N) is 1. The van der Waals surface area contributed by atoms with E-state index in [9.17, 15) is 0 Å². The van der Waals surface area contributed by atoms with E-state index >= 15 is 0 Å². The van der Waals surface area contributed by atoms with Crippen LogP contribution in [-0.2, 0) is 6.54 Å². The molecule has 6 heteroatoms. The lowest BCUT2D eigenvalue weighted by atomic mass is 10.4. The highest BCUT2D eigenvalue weighted by atomic mass is 79.9. The van der Waals surface area contributed by atoms with Crippen molar-refractivity contribution < 1.29 is 0 Å². The first-order valence-corrected chi connectivity index (χ1v) is 6.84. The molecule has 1 fully saturated rings. The Labute approximate surface area is 114 Å². The van der Waals surface area contributed by atoms with Gasteiger partial charge < -0.3 is 9.88 Å². The predicted molar refractivity (Wildman–Crippen MR) is 72.4 cm³/mol. The third-order valence-electron chi connectivity index (χ3n) is 2.89. The minimum atomic E-state index is 0.566. The number of nitrogens with zero attached hydrogens (tertiary/aromatic N) is 4. The van der Waals surface area contributed by atoms with Crippen molar-refractivity contribution in [1.82, 2.24) is 19.5 Å². The third kappa shape index (κ3) is 2.87. The molecule has 2 aromatic heterocycles. The summed E-state index contributed by atoms with van der Waals surface area (Å²) in [6.07, 6.45) is 7.97. The molecule has 0 atom stereocenters. The highest BCUT2D eigenvalue weighted by Crippen LogP contribution is 2.38. The van der Waals surface area contributed by atoms with Gasteiger partial charge in [0.25, 0.3) is 0 Å². The van der Waals surface area contributed by atoms with E-state index in [1.54, 1.807) is 6.20 Å². The molecule has 1 aliphatic rings. The second kappa shape index (κ2) is 5.06. The van der Waals surface area contributed by atoms with Crippen LogP contribution in [0.5, 0.6) is 0 Å². The van der Waals surface area contributed by atoms with Gasteiger partial charge in [-0.25, -0.2) is 15.0 Å². The van der Waals surface area contributed by atoms with Gasteiger partial charge in [0.1, 0.15) is 16.2 Å². The first-order valence-electron chi connectivity index (χ1n) is 6.05. The quantitative estimate of drug-likeness (QED) is 0.862. The van der Waals surface area contributed by atoms with Gasteiger partial charge in [-0.1, -0.05) is 0 Å². The number of hydrogen-bond donors (Lipinski definition) is 1. The highest BCUT2D eigenvalue weighted by molar-refractivity contribution is 9.10. The zero-order valence-corrected chi connectivity index (χ0v) is 11.5. The summed E-state index contributed by atoms with van der Waals surface area (Å²) < 4.78 is 2.88. The molecule has 1 N–H and O–H groups in total. The smallest absolute Gasteiger partial charge is 0.135 e. The van der Waals surface area contributed by atoms with Crippen molar-refractivity contribution in [2.24, 2.45) is 0 Å². The Bertz CT molecular complexity index is 521. The van der Waals surface area contributed by atoms with Crippen LogP contribution in [0.1, 0.15) is 24.6 Å². The Morgan fingerprint density at radius 3 is 3.00 bits per heavy atom. The molecule has 0 aromatic carbocycles. The van der Waals surface area contributed by atoms with Gasteiger partial charge in [-0.2, -0.15) is 0 Å². The molecule has 18 heavy (non-hydrogen) atoms. The fraction of sp³-hybridized carbons (Fsp3) is 0.417. The van der Waals surface area contributed by atoms with E-state index in [-0.39, 0.29) is 0 Å². The summed E-state index contributed by atoms with van der Waals surface area (Å²) >= 11 is 3.43. The Balaban J connectivity index is 1.61. The molecule has 2 aromatic rings. The minimum Gasteiger partial charge on any atom is -0.368 e. The van der Waals surface area contributed by atoms with Gasteiger partial charge in [0, 0.05) is 37.5 Å². The van der Waals surface area contributed by atoms with Crippen LogP contribution < -0.4 is 5.32 Å². The largest absolute Gasteiger partial charge is 0.368 e. The van der Waals surface area contributed by atoms with Crippen LogP contribution in [0, 0.1) is 0 Å². The van der Waals surface area contributed by atoms with E-state index < -0.39 is 0 Å². The van der Waals surface area contributed by atoms with Gasteiger partial charge in [-0.3, -0.25) is 0 Å². The summed E-state index contributed by atoms with van der Waals surface area (Å²) in [5, 5.41) is 3.32. The maximum Gasteiger partial charge on any atom is 0.135 e. The summed E-state index contributed by atoms with van der Waals surface area (Å²) in [7, 11) is 0. The molecule has 94 valence electrons. The number of aromatic nitrogens is 4. The van der Waals surface area contributed by atoms with Crippen molar-refractivity contribution in [1.29, 1.82) is 0 Å². The maximum atomic E-state index is 4.54. The fourth-order valence-corrected chi connectivity index (χ4v) is 2.18. The van der Waals surface area contributed by atoms with Gasteiger partial charge in [-0.15, -0.1) is 0 Å². The average molecular weight is 308 g/mol. The molecule has 0 bridgehead atoms. The summed E-state index contributed by atoms with van der Waals surface area (Å²) in [4.78, 5) is 13.0. The normalized spacial score (nSPS) is 14.7. The van der Waals surface area contributed by atoms with Gasteiger partial charge in [0.15, 0.2) is 0 Å². The molecule has 5 nitrogen and oxygen atoms in total. The van der Waals surface area contributed by atoms with Crippen LogP contribution >= 0.6 is 15.9 Å². The van der Waals surface area contributed by atoms with Gasteiger partial charge in [0.05, 0.1) is 6.33 Å². The van der Waals surface area contributed by atoms with Crippen molar-refractivity contribution in [3.63, 3.8) is 0 Å². The molecule has 0 unspecified atom stereocenters. The van der Waals surface area contributed by atoms with E-state index in [4.69, 9.17) is 0 Å². The SMILES string of the molecule is Brc1cc(NCCn2ccnc2)nc(C2CC2)n1. The lowest BCUT2D eigenvalue weighted by Gasteiger charge is -2.08. The van der Waals surface area contributed by atoms with Gasteiger partial charge in [0.2, 0.25) is 0 Å². The predicted octanol–water partition coefficient (Wildman–Crippen LogP) is 2.43. The number of hydrogen-bond acceptors (Lipinski definition) is 4. The van der Waals surface area contributed by atoms with Crippen molar-refractivity contribution in [2.45, 2.75) is 25.3 Å². The fourth-order valence-electron chi connectivity index (χ4n) is 1.78. The van der Waals surface area contributed by atoms with E-state index in [0.717, 1.165) is 29.3 Å². The maximum absolute atomic E-state index is 4.54. The minimum absolute atomic E-state index is 0.566. The summed E-state index contributed by atoms with van der Waals surface area (Å²) in [6.45, 7) is 1.70. The monoisotopic (exact) mass is 307 g/mol. The zero-order chi connectivity index (χ0) is 12.4. The van der Waals surface area contributed by atoms with Crippen molar-refractivity contribution in [3.8, 4) is 0 Å². The second-order valence-corrected chi connectivity index (χ2v) is 5.25. The molecular formula is C12H14BrN5. The molecular weight excluding hydrogens is 294 g/mol. The second-order valence-electron chi connectivity index (χ2n) is 4.44. The molecule has 0 radical (unpaired) electrons. The molecule has 0 amide bonds. The summed E-state index contributed by atoms with van der Waals surface area (Å²) in [5.41, 5.74) is 0. The molecule has 0 spiro atoms. The lowest BCUT2D eigenvalue weighted by Crippen LogP contribution is -2.11. The first-order chi connectivity index (χ1) is 8.81. The first kappa shape index (κ1) is 11.6. The van der Waals surface area contributed by atoms with E-state index in [1.165, 1.54) is 12.8 Å². The van der Waals surface area contributed by atoms with Crippen molar-refractivity contribution in [3.05, 3.63) is 35.2 Å². The number of imidazole rings is 1. The van der Waals surface area contributed by atoms with E-state index in [2.05, 4.69) is 36.2 Å². The molecule has 1 aliphatic carbocycles. The summed E-state index contributed by atoms with van der Waals surface area (Å²) in [5.74, 6) is 2.41. The molecule has 0 saturated heterocycles. The Hall–Kier alpha value is -1.43.